The first-order chi connectivity index (χ1) is 14.0. The van der Waals surface area contributed by atoms with Crippen LogP contribution in [0.4, 0.5) is 5.00 Å². The Bertz CT molecular complexity index is 1040. The molecule has 0 spiro atoms. The highest BCUT2D eigenvalue weighted by atomic mass is 32.1. The summed E-state index contributed by atoms with van der Waals surface area (Å²) in [5, 5.41) is 16.8. The average Bonchev–Trinajstić information content (AvgIpc) is 3.20. The Morgan fingerprint density at radius 1 is 1.00 bits per heavy atom. The maximum atomic E-state index is 12.6. The van der Waals surface area contributed by atoms with Gasteiger partial charge in [0.2, 0.25) is 0 Å². The van der Waals surface area contributed by atoms with Crippen molar-refractivity contribution in [1.82, 2.24) is 5.32 Å². The predicted molar refractivity (Wildman–Crippen MR) is 115 cm³/mol. The fourth-order valence-electron chi connectivity index (χ4n) is 2.75. The van der Waals surface area contributed by atoms with Crippen LogP contribution in [0.15, 0.2) is 60.0 Å². The van der Waals surface area contributed by atoms with Gasteiger partial charge in [0.15, 0.2) is 0 Å². The van der Waals surface area contributed by atoms with E-state index >= 15 is 0 Å². The standard InChI is InChI=1S/C23H21N3O2S/c1-15(2)18-7-9-19(10-8-18)21(27)26-23-20(11-12-29-23)22(28)25-14-17-5-3-16(13-24)4-6-17/h3-12,15H,14H2,1-2H3,(H,25,28)(H,26,27). The minimum absolute atomic E-state index is 0.246. The van der Waals surface area contributed by atoms with E-state index in [1.165, 1.54) is 16.9 Å². The van der Waals surface area contributed by atoms with Gasteiger partial charge >= 0.3 is 0 Å². The summed E-state index contributed by atoms with van der Waals surface area (Å²) in [6, 6.07) is 18.3. The summed E-state index contributed by atoms with van der Waals surface area (Å²) in [7, 11) is 0. The molecule has 0 saturated carbocycles. The summed E-state index contributed by atoms with van der Waals surface area (Å²) >= 11 is 1.31. The molecule has 0 saturated heterocycles. The molecule has 0 radical (unpaired) electrons. The van der Waals surface area contributed by atoms with Gasteiger partial charge in [0.25, 0.3) is 11.8 Å². The Morgan fingerprint density at radius 2 is 1.69 bits per heavy atom. The molecule has 0 fully saturated rings. The van der Waals surface area contributed by atoms with E-state index in [0.29, 0.717) is 34.2 Å². The van der Waals surface area contributed by atoms with E-state index in [2.05, 4.69) is 30.6 Å². The number of carbonyl (C=O) groups excluding carboxylic acids is 2. The number of nitriles is 1. The van der Waals surface area contributed by atoms with Gasteiger partial charge in [0, 0.05) is 12.1 Å². The van der Waals surface area contributed by atoms with E-state index in [1.807, 2.05) is 12.1 Å². The fraction of sp³-hybridized carbons (Fsp3) is 0.174. The number of anilines is 1. The Balaban J connectivity index is 1.64. The van der Waals surface area contributed by atoms with Crippen molar-refractivity contribution >= 4 is 28.2 Å². The first-order valence-corrected chi connectivity index (χ1v) is 10.1. The molecular weight excluding hydrogens is 382 g/mol. The van der Waals surface area contributed by atoms with Gasteiger partial charge < -0.3 is 10.6 Å². The Labute approximate surface area is 174 Å². The zero-order valence-electron chi connectivity index (χ0n) is 16.2. The molecule has 0 aliphatic carbocycles. The van der Waals surface area contributed by atoms with Crippen molar-refractivity contribution in [2.45, 2.75) is 26.3 Å². The van der Waals surface area contributed by atoms with Crippen LogP contribution < -0.4 is 10.6 Å². The number of nitrogens with one attached hydrogen (secondary N) is 2. The molecule has 3 aromatic rings. The summed E-state index contributed by atoms with van der Waals surface area (Å²) in [5.74, 6) is -0.110. The normalized spacial score (nSPS) is 10.4. The van der Waals surface area contributed by atoms with Crippen LogP contribution in [-0.2, 0) is 6.54 Å². The second-order valence-corrected chi connectivity index (χ2v) is 7.80. The largest absolute Gasteiger partial charge is 0.348 e. The molecule has 1 heterocycles. The minimum Gasteiger partial charge on any atom is -0.348 e. The Hall–Kier alpha value is -3.43. The molecule has 6 heteroatoms. The molecular formula is C23H21N3O2S. The zero-order valence-corrected chi connectivity index (χ0v) is 17.0. The molecule has 0 unspecified atom stereocenters. The smallest absolute Gasteiger partial charge is 0.256 e. The number of thiophene rings is 1. The van der Waals surface area contributed by atoms with Crippen LogP contribution in [0.2, 0.25) is 0 Å². The van der Waals surface area contributed by atoms with E-state index in [9.17, 15) is 9.59 Å². The number of amides is 2. The van der Waals surface area contributed by atoms with Crippen LogP contribution in [0, 0.1) is 11.3 Å². The van der Waals surface area contributed by atoms with E-state index in [1.54, 1.807) is 47.8 Å². The van der Waals surface area contributed by atoms with Gasteiger partial charge in [-0.05, 0) is 52.8 Å². The van der Waals surface area contributed by atoms with Crippen LogP contribution in [0.25, 0.3) is 0 Å². The van der Waals surface area contributed by atoms with Gasteiger partial charge in [-0.3, -0.25) is 9.59 Å². The summed E-state index contributed by atoms with van der Waals surface area (Å²) in [6.45, 7) is 4.54. The number of carbonyl (C=O) groups is 2. The van der Waals surface area contributed by atoms with Crippen LogP contribution in [0.3, 0.4) is 0 Å². The quantitative estimate of drug-likeness (QED) is 0.612. The molecule has 3 rings (SSSR count). The maximum absolute atomic E-state index is 12.6. The monoisotopic (exact) mass is 403 g/mol. The molecule has 0 aliphatic heterocycles. The molecule has 0 aliphatic rings. The lowest BCUT2D eigenvalue weighted by Gasteiger charge is -2.09. The van der Waals surface area contributed by atoms with Crippen molar-refractivity contribution in [1.29, 1.82) is 5.26 Å². The third kappa shape index (κ3) is 5.09. The minimum atomic E-state index is -0.263. The van der Waals surface area contributed by atoms with Gasteiger partial charge in [0.05, 0.1) is 17.2 Å². The molecule has 29 heavy (non-hydrogen) atoms. The topological polar surface area (TPSA) is 82.0 Å². The first-order valence-electron chi connectivity index (χ1n) is 9.24. The fourth-order valence-corrected chi connectivity index (χ4v) is 3.53. The second-order valence-electron chi connectivity index (χ2n) is 6.89. The highest BCUT2D eigenvalue weighted by Gasteiger charge is 2.16. The highest BCUT2D eigenvalue weighted by molar-refractivity contribution is 7.14. The van der Waals surface area contributed by atoms with Gasteiger partial charge in [-0.15, -0.1) is 11.3 Å². The lowest BCUT2D eigenvalue weighted by atomic mass is 10.0. The Kier molecular flexibility index (Phi) is 6.43. The summed E-state index contributed by atoms with van der Waals surface area (Å²) in [5.41, 5.74) is 3.61. The van der Waals surface area contributed by atoms with Gasteiger partial charge in [0.1, 0.15) is 5.00 Å². The average molecular weight is 404 g/mol. The number of rotatable bonds is 6. The number of hydrogen-bond acceptors (Lipinski definition) is 4. The van der Waals surface area contributed by atoms with E-state index < -0.39 is 0 Å². The molecule has 0 bridgehead atoms. The lowest BCUT2D eigenvalue weighted by molar-refractivity contribution is 0.0952. The third-order valence-corrected chi connectivity index (χ3v) is 5.34. The van der Waals surface area contributed by atoms with E-state index in [0.717, 1.165) is 5.56 Å². The van der Waals surface area contributed by atoms with Gasteiger partial charge in [-0.25, -0.2) is 0 Å². The number of nitrogens with zero attached hydrogens (tertiary/aromatic N) is 1. The number of benzene rings is 2. The van der Waals surface area contributed by atoms with Crippen LogP contribution in [0.5, 0.6) is 0 Å². The maximum Gasteiger partial charge on any atom is 0.256 e. The summed E-state index contributed by atoms with van der Waals surface area (Å²) in [4.78, 5) is 25.1. The van der Waals surface area contributed by atoms with Crippen LogP contribution in [0.1, 0.15) is 57.2 Å². The molecule has 2 N–H and O–H groups in total. The summed E-state index contributed by atoms with van der Waals surface area (Å²) < 4.78 is 0. The number of hydrogen-bond donors (Lipinski definition) is 2. The van der Waals surface area contributed by atoms with Gasteiger partial charge in [-0.1, -0.05) is 38.1 Å². The van der Waals surface area contributed by atoms with Crippen molar-refractivity contribution in [3.8, 4) is 6.07 Å². The van der Waals surface area contributed by atoms with E-state index in [-0.39, 0.29) is 11.8 Å². The van der Waals surface area contributed by atoms with Crippen molar-refractivity contribution in [3.63, 3.8) is 0 Å². The highest BCUT2D eigenvalue weighted by Crippen LogP contribution is 2.24. The SMILES string of the molecule is CC(C)c1ccc(C(=O)Nc2sccc2C(=O)NCc2ccc(C#N)cc2)cc1. The van der Waals surface area contributed by atoms with Crippen molar-refractivity contribution in [2.75, 3.05) is 5.32 Å². The van der Waals surface area contributed by atoms with Crippen molar-refractivity contribution in [2.24, 2.45) is 0 Å². The molecule has 2 amide bonds. The lowest BCUT2D eigenvalue weighted by Crippen LogP contribution is -2.24. The van der Waals surface area contributed by atoms with Crippen LogP contribution >= 0.6 is 11.3 Å². The predicted octanol–water partition coefficient (Wildman–Crippen LogP) is 4.93. The van der Waals surface area contributed by atoms with Crippen molar-refractivity contribution < 1.29 is 9.59 Å². The molecule has 2 aromatic carbocycles. The first kappa shape index (κ1) is 20.3. The van der Waals surface area contributed by atoms with Crippen molar-refractivity contribution in [3.05, 3.63) is 87.8 Å². The molecule has 0 atom stereocenters. The molecule has 146 valence electrons. The summed E-state index contributed by atoms with van der Waals surface area (Å²) in [6.07, 6.45) is 0. The molecule has 5 nitrogen and oxygen atoms in total. The van der Waals surface area contributed by atoms with Gasteiger partial charge in [-0.2, -0.15) is 5.26 Å². The third-order valence-electron chi connectivity index (χ3n) is 4.51. The second kappa shape index (κ2) is 9.18. The zero-order chi connectivity index (χ0) is 20.8. The van der Waals surface area contributed by atoms with Crippen LogP contribution in [-0.4, -0.2) is 11.8 Å². The van der Waals surface area contributed by atoms with E-state index in [4.69, 9.17) is 5.26 Å². The molecule has 1 aromatic heterocycles. The Morgan fingerprint density at radius 3 is 2.31 bits per heavy atom.